The lowest BCUT2D eigenvalue weighted by atomic mass is 9.82. The van der Waals surface area contributed by atoms with Gasteiger partial charge < -0.3 is 11.1 Å². The highest BCUT2D eigenvalue weighted by Crippen LogP contribution is 2.25. The summed E-state index contributed by atoms with van der Waals surface area (Å²) < 4.78 is 0. The van der Waals surface area contributed by atoms with E-state index in [9.17, 15) is 0 Å². The van der Waals surface area contributed by atoms with Crippen LogP contribution in [0.2, 0.25) is 0 Å². The van der Waals surface area contributed by atoms with Crippen LogP contribution in [-0.4, -0.2) is 12.1 Å². The predicted molar refractivity (Wildman–Crippen MR) is 66.0 cm³/mol. The molecule has 1 aromatic heterocycles. The first kappa shape index (κ1) is 11.1. The van der Waals surface area contributed by atoms with Gasteiger partial charge >= 0.3 is 0 Å². The standard InChI is InChI=1S/C12H20N2S/c13-12(5-2-1-3-6-12)10-14-8-11-4-7-15-9-11/h4,7,9,14H,1-3,5-6,8,10,13H2. The smallest absolute Gasteiger partial charge is 0.0280 e. The fourth-order valence-electron chi connectivity index (χ4n) is 2.28. The first-order valence-corrected chi connectivity index (χ1v) is 6.73. The molecule has 0 amide bonds. The molecule has 0 unspecified atom stereocenters. The molecule has 0 aliphatic heterocycles. The van der Waals surface area contributed by atoms with Crippen molar-refractivity contribution in [1.29, 1.82) is 0 Å². The van der Waals surface area contributed by atoms with Gasteiger partial charge in [0.25, 0.3) is 0 Å². The van der Waals surface area contributed by atoms with E-state index in [0.29, 0.717) is 0 Å². The molecule has 1 aromatic rings. The van der Waals surface area contributed by atoms with Gasteiger partial charge in [0.05, 0.1) is 0 Å². The van der Waals surface area contributed by atoms with E-state index in [0.717, 1.165) is 13.1 Å². The minimum atomic E-state index is 0.0638. The molecule has 0 bridgehead atoms. The second kappa shape index (κ2) is 5.10. The van der Waals surface area contributed by atoms with E-state index in [4.69, 9.17) is 5.73 Å². The van der Waals surface area contributed by atoms with Gasteiger partial charge in [0.2, 0.25) is 0 Å². The zero-order valence-corrected chi connectivity index (χ0v) is 9.98. The van der Waals surface area contributed by atoms with Gasteiger partial charge in [-0.3, -0.25) is 0 Å². The molecule has 0 radical (unpaired) electrons. The third-order valence-corrected chi connectivity index (χ3v) is 3.97. The third kappa shape index (κ3) is 3.30. The average molecular weight is 224 g/mol. The first-order valence-electron chi connectivity index (χ1n) is 5.79. The highest BCUT2D eigenvalue weighted by atomic mass is 32.1. The average Bonchev–Trinajstić information content (AvgIpc) is 2.71. The van der Waals surface area contributed by atoms with Crippen LogP contribution in [0, 0.1) is 0 Å². The minimum absolute atomic E-state index is 0.0638. The van der Waals surface area contributed by atoms with E-state index in [-0.39, 0.29) is 5.54 Å². The van der Waals surface area contributed by atoms with Crippen molar-refractivity contribution in [2.24, 2.45) is 5.73 Å². The molecule has 1 fully saturated rings. The van der Waals surface area contributed by atoms with Gasteiger partial charge in [-0.05, 0) is 35.2 Å². The first-order chi connectivity index (χ1) is 7.29. The molecule has 0 aromatic carbocycles. The lowest BCUT2D eigenvalue weighted by Gasteiger charge is -2.33. The molecular formula is C12H20N2S. The van der Waals surface area contributed by atoms with Gasteiger partial charge in [-0.1, -0.05) is 19.3 Å². The van der Waals surface area contributed by atoms with E-state index in [1.165, 1.54) is 37.7 Å². The molecule has 1 heterocycles. The van der Waals surface area contributed by atoms with Gasteiger partial charge in [0.15, 0.2) is 0 Å². The Morgan fingerprint density at radius 3 is 2.80 bits per heavy atom. The lowest BCUT2D eigenvalue weighted by molar-refractivity contribution is 0.283. The van der Waals surface area contributed by atoms with Crippen molar-refractivity contribution in [2.75, 3.05) is 6.54 Å². The monoisotopic (exact) mass is 224 g/mol. The Labute approximate surface area is 95.9 Å². The quantitative estimate of drug-likeness (QED) is 0.824. The van der Waals surface area contributed by atoms with E-state index < -0.39 is 0 Å². The summed E-state index contributed by atoms with van der Waals surface area (Å²) in [5.74, 6) is 0. The van der Waals surface area contributed by atoms with Crippen molar-refractivity contribution in [3.05, 3.63) is 22.4 Å². The fourth-order valence-corrected chi connectivity index (χ4v) is 2.95. The van der Waals surface area contributed by atoms with Gasteiger partial charge in [0, 0.05) is 18.6 Å². The Bertz CT molecular complexity index is 276. The molecule has 0 spiro atoms. The number of hydrogen-bond donors (Lipinski definition) is 2. The fraction of sp³-hybridized carbons (Fsp3) is 0.667. The van der Waals surface area contributed by atoms with E-state index >= 15 is 0 Å². The maximum atomic E-state index is 6.34. The van der Waals surface area contributed by atoms with Crippen LogP contribution in [0.4, 0.5) is 0 Å². The van der Waals surface area contributed by atoms with Crippen LogP contribution >= 0.6 is 11.3 Å². The Balaban J connectivity index is 1.72. The Hall–Kier alpha value is -0.380. The number of nitrogens with one attached hydrogen (secondary N) is 1. The van der Waals surface area contributed by atoms with E-state index in [2.05, 4.69) is 22.1 Å². The Morgan fingerprint density at radius 1 is 1.33 bits per heavy atom. The summed E-state index contributed by atoms with van der Waals surface area (Å²) in [5, 5.41) is 7.79. The Kier molecular flexibility index (Phi) is 3.78. The molecular weight excluding hydrogens is 204 g/mol. The molecule has 2 rings (SSSR count). The van der Waals surface area contributed by atoms with Crippen LogP contribution in [0.15, 0.2) is 16.8 Å². The number of thiophene rings is 1. The van der Waals surface area contributed by atoms with Gasteiger partial charge in [-0.15, -0.1) is 0 Å². The molecule has 1 aliphatic carbocycles. The molecule has 1 saturated carbocycles. The summed E-state index contributed by atoms with van der Waals surface area (Å²) in [4.78, 5) is 0. The van der Waals surface area contributed by atoms with Gasteiger partial charge in [-0.2, -0.15) is 11.3 Å². The zero-order valence-electron chi connectivity index (χ0n) is 9.17. The largest absolute Gasteiger partial charge is 0.324 e. The normalized spacial score (nSPS) is 20.3. The summed E-state index contributed by atoms with van der Waals surface area (Å²) in [6.45, 7) is 1.92. The van der Waals surface area contributed by atoms with Crippen LogP contribution in [0.25, 0.3) is 0 Å². The molecule has 1 aliphatic rings. The van der Waals surface area contributed by atoms with E-state index in [1.54, 1.807) is 11.3 Å². The second-order valence-corrected chi connectivity index (χ2v) is 5.44. The molecule has 0 atom stereocenters. The van der Waals surface area contributed by atoms with Crippen LogP contribution in [0.1, 0.15) is 37.7 Å². The lowest BCUT2D eigenvalue weighted by Crippen LogP contribution is -2.49. The van der Waals surface area contributed by atoms with Crippen molar-refractivity contribution < 1.29 is 0 Å². The molecule has 3 heteroatoms. The molecule has 3 N–H and O–H groups in total. The van der Waals surface area contributed by atoms with Crippen molar-refractivity contribution in [3.63, 3.8) is 0 Å². The van der Waals surface area contributed by atoms with Crippen molar-refractivity contribution in [1.82, 2.24) is 5.32 Å². The van der Waals surface area contributed by atoms with Crippen LogP contribution in [0.5, 0.6) is 0 Å². The maximum absolute atomic E-state index is 6.34. The summed E-state index contributed by atoms with van der Waals surface area (Å²) in [5.41, 5.74) is 7.78. The molecule has 15 heavy (non-hydrogen) atoms. The summed E-state index contributed by atoms with van der Waals surface area (Å²) in [7, 11) is 0. The van der Waals surface area contributed by atoms with Crippen LogP contribution in [-0.2, 0) is 6.54 Å². The van der Waals surface area contributed by atoms with Gasteiger partial charge in [0.1, 0.15) is 0 Å². The predicted octanol–water partition coefficient (Wildman–Crippen LogP) is 2.50. The third-order valence-electron chi connectivity index (χ3n) is 3.24. The Morgan fingerprint density at radius 2 is 2.13 bits per heavy atom. The van der Waals surface area contributed by atoms with Crippen LogP contribution < -0.4 is 11.1 Å². The summed E-state index contributed by atoms with van der Waals surface area (Å²) in [6, 6.07) is 2.17. The highest BCUT2D eigenvalue weighted by Gasteiger charge is 2.26. The van der Waals surface area contributed by atoms with Crippen molar-refractivity contribution >= 4 is 11.3 Å². The number of hydrogen-bond acceptors (Lipinski definition) is 3. The molecule has 84 valence electrons. The van der Waals surface area contributed by atoms with E-state index in [1.807, 2.05) is 0 Å². The summed E-state index contributed by atoms with van der Waals surface area (Å²) >= 11 is 1.75. The topological polar surface area (TPSA) is 38.0 Å². The number of nitrogens with two attached hydrogens (primary N) is 1. The minimum Gasteiger partial charge on any atom is -0.324 e. The summed E-state index contributed by atoms with van der Waals surface area (Å²) in [6.07, 6.45) is 6.34. The van der Waals surface area contributed by atoms with Crippen molar-refractivity contribution in [3.8, 4) is 0 Å². The maximum Gasteiger partial charge on any atom is 0.0280 e. The zero-order chi connectivity index (χ0) is 10.6. The van der Waals surface area contributed by atoms with Gasteiger partial charge in [-0.25, -0.2) is 0 Å². The highest BCUT2D eigenvalue weighted by molar-refractivity contribution is 7.07. The second-order valence-electron chi connectivity index (χ2n) is 4.66. The number of rotatable bonds is 4. The molecule has 2 nitrogen and oxygen atoms in total. The SMILES string of the molecule is NC1(CNCc2ccsc2)CCCCC1. The van der Waals surface area contributed by atoms with Crippen molar-refractivity contribution in [2.45, 2.75) is 44.2 Å². The molecule has 0 saturated heterocycles. The van der Waals surface area contributed by atoms with Crippen LogP contribution in [0.3, 0.4) is 0 Å².